The Morgan fingerprint density at radius 3 is 3.11 bits per heavy atom. The highest BCUT2D eigenvalue weighted by atomic mass is 16.3. The number of aliphatic hydroxyl groups is 1. The van der Waals surface area contributed by atoms with Gasteiger partial charge in [-0.25, -0.2) is 0 Å². The van der Waals surface area contributed by atoms with Gasteiger partial charge in [0.15, 0.2) is 0 Å². The van der Waals surface area contributed by atoms with Crippen LogP contribution in [0.5, 0.6) is 0 Å². The van der Waals surface area contributed by atoms with Gasteiger partial charge in [0.1, 0.15) is 0 Å². The Labute approximate surface area is 114 Å². The minimum atomic E-state index is -0.0567. The van der Waals surface area contributed by atoms with E-state index in [0.717, 1.165) is 30.6 Å². The average Bonchev–Trinajstić information content (AvgIpc) is 2.44. The molecule has 3 N–H and O–H groups in total. The second-order valence-electron chi connectivity index (χ2n) is 5.22. The summed E-state index contributed by atoms with van der Waals surface area (Å²) in [7, 11) is 0. The fourth-order valence-electron chi connectivity index (χ4n) is 2.46. The minimum absolute atomic E-state index is 0.0567. The number of carbonyl (C=O) groups is 1. The molecule has 0 aromatic heterocycles. The van der Waals surface area contributed by atoms with Crippen molar-refractivity contribution in [3.05, 3.63) is 29.8 Å². The highest BCUT2D eigenvalue weighted by Gasteiger charge is 2.25. The highest BCUT2D eigenvalue weighted by Crippen LogP contribution is 2.31. The summed E-state index contributed by atoms with van der Waals surface area (Å²) >= 11 is 0. The molecule has 4 nitrogen and oxygen atoms in total. The van der Waals surface area contributed by atoms with Crippen LogP contribution in [0.1, 0.15) is 31.2 Å². The van der Waals surface area contributed by atoms with Gasteiger partial charge in [-0.3, -0.25) is 4.79 Å². The molecular formula is C15H22N2O2. The maximum Gasteiger partial charge on any atom is 0.227 e. The summed E-state index contributed by atoms with van der Waals surface area (Å²) in [6, 6.07) is 7.99. The Bertz CT molecular complexity index is 434. The van der Waals surface area contributed by atoms with Gasteiger partial charge < -0.3 is 15.7 Å². The molecule has 1 heterocycles. The lowest BCUT2D eigenvalue weighted by atomic mass is 9.90. The predicted molar refractivity (Wildman–Crippen MR) is 76.2 cm³/mol. The smallest absolute Gasteiger partial charge is 0.227 e. The van der Waals surface area contributed by atoms with Crippen molar-refractivity contribution in [3.63, 3.8) is 0 Å². The number of anilines is 1. The Hall–Kier alpha value is -1.55. The third-order valence-corrected chi connectivity index (χ3v) is 3.65. The molecule has 2 rings (SSSR count). The van der Waals surface area contributed by atoms with E-state index in [9.17, 15) is 4.79 Å². The molecule has 0 spiro atoms. The second kappa shape index (κ2) is 6.57. The quantitative estimate of drug-likeness (QED) is 0.757. The SMILES string of the molecule is CC(CCO)CNC(=O)C1CCNc2ccccc21. The average molecular weight is 262 g/mol. The van der Waals surface area contributed by atoms with Gasteiger partial charge in [-0.05, 0) is 30.4 Å². The molecule has 104 valence electrons. The lowest BCUT2D eigenvalue weighted by Gasteiger charge is -2.26. The second-order valence-corrected chi connectivity index (χ2v) is 5.22. The van der Waals surface area contributed by atoms with Crippen LogP contribution in [-0.2, 0) is 4.79 Å². The molecule has 0 saturated carbocycles. The molecule has 0 fully saturated rings. The van der Waals surface area contributed by atoms with Gasteiger partial charge in [0, 0.05) is 25.4 Å². The predicted octanol–water partition coefficient (Wildman–Crippen LogP) is 1.72. The molecule has 0 saturated heterocycles. The van der Waals surface area contributed by atoms with Gasteiger partial charge in [-0.15, -0.1) is 0 Å². The van der Waals surface area contributed by atoms with E-state index in [-0.39, 0.29) is 18.4 Å². The topological polar surface area (TPSA) is 61.4 Å². The van der Waals surface area contributed by atoms with Crippen molar-refractivity contribution < 1.29 is 9.90 Å². The van der Waals surface area contributed by atoms with Crippen LogP contribution in [0.25, 0.3) is 0 Å². The number of benzene rings is 1. The van der Waals surface area contributed by atoms with Crippen molar-refractivity contribution in [1.82, 2.24) is 5.32 Å². The first-order chi connectivity index (χ1) is 9.22. The van der Waals surface area contributed by atoms with Crippen molar-refractivity contribution in [2.75, 3.05) is 25.0 Å². The molecule has 1 aromatic carbocycles. The Morgan fingerprint density at radius 1 is 1.53 bits per heavy atom. The molecule has 0 aliphatic carbocycles. The Morgan fingerprint density at radius 2 is 2.32 bits per heavy atom. The number of hydrogen-bond acceptors (Lipinski definition) is 3. The third kappa shape index (κ3) is 3.47. The van der Waals surface area contributed by atoms with Crippen molar-refractivity contribution >= 4 is 11.6 Å². The molecule has 1 aliphatic heterocycles. The maximum absolute atomic E-state index is 12.3. The zero-order valence-corrected chi connectivity index (χ0v) is 11.4. The molecular weight excluding hydrogens is 240 g/mol. The molecule has 2 atom stereocenters. The summed E-state index contributed by atoms with van der Waals surface area (Å²) in [5, 5.41) is 15.2. The first-order valence-corrected chi connectivity index (χ1v) is 6.93. The number of fused-ring (bicyclic) bond motifs is 1. The van der Waals surface area contributed by atoms with Gasteiger partial charge in [-0.2, -0.15) is 0 Å². The monoisotopic (exact) mass is 262 g/mol. The van der Waals surface area contributed by atoms with E-state index in [1.807, 2.05) is 31.2 Å². The summed E-state index contributed by atoms with van der Waals surface area (Å²) in [5.41, 5.74) is 2.15. The summed E-state index contributed by atoms with van der Waals surface area (Å²) in [4.78, 5) is 12.3. The summed E-state index contributed by atoms with van der Waals surface area (Å²) in [6.07, 6.45) is 1.56. The maximum atomic E-state index is 12.3. The first kappa shape index (κ1) is 13.9. The number of carbonyl (C=O) groups excluding carboxylic acids is 1. The van der Waals surface area contributed by atoms with Gasteiger partial charge in [0.25, 0.3) is 0 Å². The van der Waals surface area contributed by atoms with Crippen LogP contribution in [-0.4, -0.2) is 30.7 Å². The summed E-state index contributed by atoms with van der Waals surface area (Å²) in [5.74, 6) is 0.350. The summed E-state index contributed by atoms with van der Waals surface area (Å²) in [6.45, 7) is 3.67. The molecule has 1 aliphatic rings. The number of amides is 1. The zero-order valence-electron chi connectivity index (χ0n) is 11.4. The first-order valence-electron chi connectivity index (χ1n) is 6.93. The van der Waals surface area contributed by atoms with Crippen LogP contribution in [0.3, 0.4) is 0 Å². The van der Waals surface area contributed by atoms with Crippen LogP contribution in [0.15, 0.2) is 24.3 Å². The zero-order chi connectivity index (χ0) is 13.7. The van der Waals surface area contributed by atoms with Crippen LogP contribution in [0, 0.1) is 5.92 Å². The Balaban J connectivity index is 1.97. The molecule has 0 radical (unpaired) electrons. The van der Waals surface area contributed by atoms with Gasteiger partial charge in [-0.1, -0.05) is 25.1 Å². The number of nitrogens with one attached hydrogen (secondary N) is 2. The Kier molecular flexibility index (Phi) is 4.80. The lowest BCUT2D eigenvalue weighted by Crippen LogP contribution is -2.35. The molecule has 19 heavy (non-hydrogen) atoms. The number of hydrogen-bond donors (Lipinski definition) is 3. The van der Waals surface area contributed by atoms with E-state index in [4.69, 9.17) is 5.11 Å². The third-order valence-electron chi connectivity index (χ3n) is 3.65. The van der Waals surface area contributed by atoms with Gasteiger partial charge in [0.05, 0.1) is 5.92 Å². The van der Waals surface area contributed by atoms with E-state index < -0.39 is 0 Å². The van der Waals surface area contributed by atoms with E-state index >= 15 is 0 Å². The largest absolute Gasteiger partial charge is 0.396 e. The standard InChI is InChI=1S/C15H22N2O2/c1-11(7-9-18)10-17-15(19)13-6-8-16-14-5-3-2-4-12(13)14/h2-5,11,13,16,18H,6-10H2,1H3,(H,17,19). The van der Waals surface area contributed by atoms with Crippen LogP contribution < -0.4 is 10.6 Å². The van der Waals surface area contributed by atoms with Crippen LogP contribution >= 0.6 is 0 Å². The van der Waals surface area contributed by atoms with E-state index in [2.05, 4.69) is 10.6 Å². The highest BCUT2D eigenvalue weighted by molar-refractivity contribution is 5.86. The molecule has 1 aromatic rings. The van der Waals surface area contributed by atoms with Gasteiger partial charge >= 0.3 is 0 Å². The number of aliphatic hydroxyl groups excluding tert-OH is 1. The van der Waals surface area contributed by atoms with E-state index in [0.29, 0.717) is 12.5 Å². The summed E-state index contributed by atoms with van der Waals surface area (Å²) < 4.78 is 0. The lowest BCUT2D eigenvalue weighted by molar-refractivity contribution is -0.122. The molecule has 4 heteroatoms. The molecule has 2 unspecified atom stereocenters. The number of para-hydroxylation sites is 1. The normalized spacial score (nSPS) is 19.2. The van der Waals surface area contributed by atoms with Crippen LogP contribution in [0.2, 0.25) is 0 Å². The van der Waals surface area contributed by atoms with Crippen molar-refractivity contribution in [2.45, 2.75) is 25.7 Å². The van der Waals surface area contributed by atoms with Gasteiger partial charge in [0.2, 0.25) is 5.91 Å². The fourth-order valence-corrected chi connectivity index (χ4v) is 2.46. The number of rotatable bonds is 5. The van der Waals surface area contributed by atoms with Crippen molar-refractivity contribution in [1.29, 1.82) is 0 Å². The minimum Gasteiger partial charge on any atom is -0.396 e. The molecule has 0 bridgehead atoms. The van der Waals surface area contributed by atoms with E-state index in [1.54, 1.807) is 0 Å². The molecule has 1 amide bonds. The van der Waals surface area contributed by atoms with Crippen molar-refractivity contribution in [2.24, 2.45) is 5.92 Å². The van der Waals surface area contributed by atoms with Crippen LogP contribution in [0.4, 0.5) is 5.69 Å². The van der Waals surface area contributed by atoms with Crippen molar-refractivity contribution in [3.8, 4) is 0 Å². The van der Waals surface area contributed by atoms with E-state index in [1.165, 1.54) is 0 Å². The fraction of sp³-hybridized carbons (Fsp3) is 0.533.